The molecule has 4 heterocycles. The highest BCUT2D eigenvalue weighted by molar-refractivity contribution is 5.91. The molecule has 3 aromatic heterocycles. The van der Waals surface area contributed by atoms with Crippen molar-refractivity contribution in [2.45, 2.75) is 31.0 Å². The van der Waals surface area contributed by atoms with E-state index < -0.39 is 23.4 Å². The lowest BCUT2D eigenvalue weighted by molar-refractivity contribution is -0.147. The van der Waals surface area contributed by atoms with Crippen molar-refractivity contribution < 1.29 is 27.0 Å². The molecule has 8 nitrogen and oxygen atoms in total. The van der Waals surface area contributed by atoms with Crippen molar-refractivity contribution in [3.63, 3.8) is 0 Å². The third-order valence-electron chi connectivity index (χ3n) is 6.73. The van der Waals surface area contributed by atoms with Gasteiger partial charge in [-0.25, -0.2) is 14.4 Å². The van der Waals surface area contributed by atoms with Crippen LogP contribution in [0.3, 0.4) is 0 Å². The van der Waals surface area contributed by atoms with Gasteiger partial charge in [0.25, 0.3) is 5.56 Å². The van der Waals surface area contributed by atoms with Gasteiger partial charge in [0.05, 0.1) is 35.9 Å². The van der Waals surface area contributed by atoms with Crippen LogP contribution in [0.1, 0.15) is 47.5 Å². The quantitative estimate of drug-likeness (QED) is 0.334. The molecular weight excluding hydrogens is 518 g/mol. The Morgan fingerprint density at radius 1 is 1.18 bits per heavy atom. The minimum Gasteiger partial charge on any atom is -0.481 e. The highest BCUT2D eigenvalue weighted by Crippen LogP contribution is 2.40. The first-order valence-electron chi connectivity index (χ1n) is 11.9. The van der Waals surface area contributed by atoms with Gasteiger partial charge in [-0.2, -0.15) is 18.4 Å². The van der Waals surface area contributed by atoms with Gasteiger partial charge in [-0.05, 0) is 48.7 Å². The number of pyridine rings is 2. The summed E-state index contributed by atoms with van der Waals surface area (Å²) in [6.45, 7) is 0.351. The number of nitriles is 1. The van der Waals surface area contributed by atoms with E-state index in [-0.39, 0.29) is 39.7 Å². The Morgan fingerprint density at radius 2 is 1.97 bits per heavy atom. The van der Waals surface area contributed by atoms with Crippen molar-refractivity contribution in [1.82, 2.24) is 19.5 Å². The summed E-state index contributed by atoms with van der Waals surface area (Å²) < 4.78 is 67.9. The zero-order chi connectivity index (χ0) is 27.9. The normalized spacial score (nSPS) is 17.7. The van der Waals surface area contributed by atoms with Gasteiger partial charge >= 0.3 is 6.18 Å². The Kier molecular flexibility index (Phi) is 6.78. The fourth-order valence-electron chi connectivity index (χ4n) is 4.75. The molecule has 4 aromatic rings. The second kappa shape index (κ2) is 10.1. The predicted octanol–water partition coefficient (Wildman–Crippen LogP) is 5.06. The Hall–Kier alpha value is -4.37. The largest absolute Gasteiger partial charge is 0.481 e. The number of benzene rings is 1. The summed E-state index contributed by atoms with van der Waals surface area (Å²) in [6.07, 6.45) is -2.74. The van der Waals surface area contributed by atoms with Crippen molar-refractivity contribution in [3.8, 4) is 23.2 Å². The molecule has 1 saturated heterocycles. The lowest BCUT2D eigenvalue weighted by Gasteiger charge is -2.30. The third kappa shape index (κ3) is 4.93. The number of hydrogen-bond acceptors (Lipinski definition) is 7. The van der Waals surface area contributed by atoms with E-state index in [0.717, 1.165) is 18.7 Å². The van der Waals surface area contributed by atoms with Gasteiger partial charge in [0.15, 0.2) is 0 Å². The predicted molar refractivity (Wildman–Crippen MR) is 131 cm³/mol. The zero-order valence-corrected chi connectivity index (χ0v) is 20.8. The number of alkyl halides is 3. The van der Waals surface area contributed by atoms with E-state index in [1.165, 1.54) is 25.3 Å². The molecule has 1 aliphatic heterocycles. The van der Waals surface area contributed by atoms with Crippen LogP contribution in [0.4, 0.5) is 17.6 Å². The first kappa shape index (κ1) is 26.2. The van der Waals surface area contributed by atoms with Crippen LogP contribution in [0.25, 0.3) is 22.2 Å². The monoisotopic (exact) mass is 539 g/mol. The fourth-order valence-corrected chi connectivity index (χ4v) is 4.75. The fraction of sp³-hybridized carbons (Fsp3) is 0.296. The Balaban J connectivity index is 1.69. The van der Waals surface area contributed by atoms with E-state index in [0.29, 0.717) is 35.6 Å². The maximum Gasteiger partial charge on any atom is 0.449 e. The number of halogens is 4. The van der Waals surface area contributed by atoms with Crippen LogP contribution in [-0.2, 0) is 18.0 Å². The number of fused-ring (bicyclic) bond motifs is 1. The maximum atomic E-state index is 15.1. The van der Waals surface area contributed by atoms with E-state index in [4.69, 9.17) is 14.7 Å². The van der Waals surface area contributed by atoms with Gasteiger partial charge in [0.2, 0.25) is 11.7 Å². The number of hydrogen-bond donors (Lipinski definition) is 0. The third-order valence-corrected chi connectivity index (χ3v) is 6.73. The average molecular weight is 539 g/mol. The van der Waals surface area contributed by atoms with E-state index in [1.54, 1.807) is 18.3 Å². The number of rotatable bonds is 4. The highest BCUT2D eigenvalue weighted by Gasteiger charge is 2.37. The topological polar surface area (TPSA) is 103 Å². The van der Waals surface area contributed by atoms with Crippen molar-refractivity contribution in [2.75, 3.05) is 13.7 Å². The Labute approximate surface area is 219 Å². The molecule has 2 atom stereocenters. The second-order valence-corrected chi connectivity index (χ2v) is 9.11. The number of nitrogens with zero attached hydrogens (tertiary/aromatic N) is 5. The molecule has 0 amide bonds. The molecular formula is C27H21F4N5O3. The van der Waals surface area contributed by atoms with Crippen molar-refractivity contribution in [1.29, 1.82) is 5.26 Å². The minimum atomic E-state index is -4.93. The van der Waals surface area contributed by atoms with Crippen LogP contribution >= 0.6 is 0 Å². The SMILES string of the molecule is COc1cc(C2CC(c3cc4c(=O)n(C)c(C(F)(F)F)nc4c(-c4ccc(C#N)cc4F)n3)CCO2)ccn1. The Morgan fingerprint density at radius 3 is 2.67 bits per heavy atom. The summed E-state index contributed by atoms with van der Waals surface area (Å²) in [5.41, 5.74) is -0.448. The summed E-state index contributed by atoms with van der Waals surface area (Å²) in [7, 11) is 2.49. The molecule has 2 unspecified atom stereocenters. The molecule has 0 aliphatic carbocycles. The highest BCUT2D eigenvalue weighted by atomic mass is 19.4. The van der Waals surface area contributed by atoms with Crippen LogP contribution < -0.4 is 10.3 Å². The van der Waals surface area contributed by atoms with Crippen molar-refractivity contribution in [2.24, 2.45) is 7.05 Å². The van der Waals surface area contributed by atoms with E-state index >= 15 is 4.39 Å². The van der Waals surface area contributed by atoms with Crippen molar-refractivity contribution in [3.05, 3.63) is 81.4 Å². The summed E-state index contributed by atoms with van der Waals surface area (Å²) >= 11 is 0. The minimum absolute atomic E-state index is 0.0246. The molecule has 200 valence electrons. The molecule has 1 fully saturated rings. The molecule has 1 aromatic carbocycles. The molecule has 0 bridgehead atoms. The van der Waals surface area contributed by atoms with E-state index in [9.17, 15) is 18.0 Å². The molecule has 0 saturated carbocycles. The standard InChI is InChI=1S/C27H21F4N5O3/c1-36-25(37)18-12-20(15-6-8-39-21(10-15)16-5-7-33-22(11-16)38-2)34-23(24(18)35-26(36)27(29,30)31)17-4-3-14(13-32)9-19(17)28/h3-5,7,9,11-12,15,21H,6,8,10H2,1-2H3. The second-order valence-electron chi connectivity index (χ2n) is 9.11. The Bertz CT molecular complexity index is 1680. The van der Waals surface area contributed by atoms with Gasteiger partial charge in [0, 0.05) is 43.1 Å². The summed E-state index contributed by atoms with van der Waals surface area (Å²) in [5.74, 6) is -2.15. The smallest absolute Gasteiger partial charge is 0.449 e. The van der Waals surface area contributed by atoms with Crippen LogP contribution in [0.15, 0.2) is 47.4 Å². The van der Waals surface area contributed by atoms with Crippen LogP contribution in [0.2, 0.25) is 0 Å². The molecule has 0 radical (unpaired) electrons. The summed E-state index contributed by atoms with van der Waals surface area (Å²) in [4.78, 5) is 25.6. The lowest BCUT2D eigenvalue weighted by Crippen LogP contribution is -2.28. The number of ether oxygens (including phenoxy) is 2. The van der Waals surface area contributed by atoms with Crippen LogP contribution in [-0.4, -0.2) is 33.2 Å². The average Bonchev–Trinajstić information content (AvgIpc) is 2.94. The molecule has 1 aliphatic rings. The molecule has 5 rings (SSSR count). The zero-order valence-electron chi connectivity index (χ0n) is 20.8. The number of methoxy groups -OCH3 is 1. The van der Waals surface area contributed by atoms with Gasteiger partial charge in [-0.1, -0.05) is 0 Å². The van der Waals surface area contributed by atoms with Crippen LogP contribution in [0.5, 0.6) is 5.88 Å². The first-order chi connectivity index (χ1) is 18.6. The maximum absolute atomic E-state index is 15.1. The lowest BCUT2D eigenvalue weighted by atomic mass is 9.88. The van der Waals surface area contributed by atoms with E-state index in [1.807, 2.05) is 6.07 Å². The molecule has 12 heteroatoms. The van der Waals surface area contributed by atoms with Gasteiger partial charge in [0.1, 0.15) is 11.3 Å². The summed E-state index contributed by atoms with van der Waals surface area (Å²) in [5, 5.41) is 8.99. The number of aromatic nitrogens is 4. The van der Waals surface area contributed by atoms with Gasteiger partial charge in [-0.15, -0.1) is 0 Å². The molecule has 0 N–H and O–H groups in total. The van der Waals surface area contributed by atoms with Crippen molar-refractivity contribution >= 4 is 10.9 Å². The van der Waals surface area contributed by atoms with Gasteiger partial charge in [-0.3, -0.25) is 14.3 Å². The molecule has 0 spiro atoms. The van der Waals surface area contributed by atoms with Gasteiger partial charge < -0.3 is 9.47 Å². The van der Waals surface area contributed by atoms with E-state index in [2.05, 4.69) is 15.0 Å². The first-order valence-corrected chi connectivity index (χ1v) is 11.9. The molecule has 39 heavy (non-hydrogen) atoms. The summed E-state index contributed by atoms with van der Waals surface area (Å²) in [6, 6.07) is 10.3. The van der Waals surface area contributed by atoms with Crippen LogP contribution in [0, 0.1) is 17.1 Å².